The van der Waals surface area contributed by atoms with Gasteiger partial charge in [0, 0.05) is 29.9 Å². The van der Waals surface area contributed by atoms with Crippen molar-refractivity contribution in [2.75, 3.05) is 11.9 Å². The van der Waals surface area contributed by atoms with E-state index in [9.17, 15) is 0 Å². The van der Waals surface area contributed by atoms with Crippen molar-refractivity contribution in [2.45, 2.75) is 26.3 Å². The lowest BCUT2D eigenvalue weighted by Gasteiger charge is -2.27. The number of rotatable bonds is 4. The minimum Gasteiger partial charge on any atom is -0.356 e. The molecular weight excluding hydrogens is 298 g/mol. The van der Waals surface area contributed by atoms with Crippen LogP contribution in [0.25, 0.3) is 5.78 Å². The maximum atomic E-state index is 5.94. The Labute approximate surface area is 134 Å². The van der Waals surface area contributed by atoms with E-state index in [1.54, 1.807) is 4.52 Å². The zero-order chi connectivity index (χ0) is 15.7. The molecule has 0 N–H and O–H groups in total. The van der Waals surface area contributed by atoms with Gasteiger partial charge in [-0.1, -0.05) is 23.7 Å². The molecule has 5 nitrogen and oxygen atoms in total. The molecule has 1 aromatic carbocycles. The first-order valence-electron chi connectivity index (χ1n) is 7.19. The van der Waals surface area contributed by atoms with Gasteiger partial charge >= 0.3 is 0 Å². The van der Waals surface area contributed by atoms with E-state index in [0.717, 1.165) is 23.0 Å². The second-order valence-electron chi connectivity index (χ2n) is 5.52. The first kappa shape index (κ1) is 14.8. The van der Waals surface area contributed by atoms with E-state index >= 15 is 0 Å². The molecule has 1 unspecified atom stereocenters. The van der Waals surface area contributed by atoms with E-state index in [1.807, 2.05) is 25.1 Å². The Morgan fingerprint density at radius 2 is 2.00 bits per heavy atom. The van der Waals surface area contributed by atoms with Gasteiger partial charge in [0.05, 0.1) is 0 Å². The van der Waals surface area contributed by atoms with E-state index in [4.69, 9.17) is 11.6 Å². The highest BCUT2D eigenvalue weighted by atomic mass is 35.5. The van der Waals surface area contributed by atoms with E-state index < -0.39 is 0 Å². The highest BCUT2D eigenvalue weighted by molar-refractivity contribution is 6.30. The van der Waals surface area contributed by atoms with Crippen LogP contribution in [0.1, 0.15) is 18.2 Å². The quantitative estimate of drug-likeness (QED) is 0.742. The van der Waals surface area contributed by atoms with Crippen LogP contribution in [0, 0.1) is 6.92 Å². The number of benzene rings is 1. The smallest absolute Gasteiger partial charge is 0.254 e. The van der Waals surface area contributed by atoms with Gasteiger partial charge < -0.3 is 4.90 Å². The largest absolute Gasteiger partial charge is 0.356 e. The Morgan fingerprint density at radius 1 is 1.27 bits per heavy atom. The first-order chi connectivity index (χ1) is 10.5. The van der Waals surface area contributed by atoms with Gasteiger partial charge in [-0.05, 0) is 38.0 Å². The second-order valence-corrected chi connectivity index (χ2v) is 5.95. The second kappa shape index (κ2) is 5.93. The summed E-state index contributed by atoms with van der Waals surface area (Å²) in [5, 5.41) is 5.03. The van der Waals surface area contributed by atoms with E-state index in [-0.39, 0.29) is 0 Å². The molecule has 3 aromatic rings. The fraction of sp³-hybridized carbons (Fsp3) is 0.312. The molecule has 0 fully saturated rings. The molecule has 0 aliphatic heterocycles. The molecule has 3 rings (SSSR count). The molecule has 0 bridgehead atoms. The standard InChI is InChI=1S/C16H18ClN5/c1-11-8-15(22-16(20-11)18-10-19-22)21(3)12(2)9-13-4-6-14(17)7-5-13/h4-8,10,12H,9H2,1-3H3. The van der Waals surface area contributed by atoms with Crippen LogP contribution in [0.15, 0.2) is 36.7 Å². The fourth-order valence-corrected chi connectivity index (χ4v) is 2.61. The molecule has 6 heteroatoms. The monoisotopic (exact) mass is 315 g/mol. The number of aryl methyl sites for hydroxylation is 1. The van der Waals surface area contributed by atoms with E-state index in [0.29, 0.717) is 11.8 Å². The summed E-state index contributed by atoms with van der Waals surface area (Å²) in [6.07, 6.45) is 2.45. The number of hydrogen-bond acceptors (Lipinski definition) is 4. The van der Waals surface area contributed by atoms with Gasteiger partial charge in [0.2, 0.25) is 0 Å². The Balaban J connectivity index is 1.86. The van der Waals surface area contributed by atoms with Gasteiger partial charge in [-0.25, -0.2) is 4.98 Å². The maximum absolute atomic E-state index is 5.94. The predicted molar refractivity (Wildman–Crippen MR) is 88.5 cm³/mol. The molecule has 0 saturated carbocycles. The Hall–Kier alpha value is -2.14. The molecular formula is C16H18ClN5. The number of likely N-dealkylation sites (N-methyl/N-ethyl adjacent to an activating group) is 1. The van der Waals surface area contributed by atoms with Gasteiger partial charge in [0.1, 0.15) is 12.1 Å². The summed E-state index contributed by atoms with van der Waals surface area (Å²) in [7, 11) is 2.07. The van der Waals surface area contributed by atoms with Crippen LogP contribution >= 0.6 is 11.6 Å². The van der Waals surface area contributed by atoms with Crippen molar-refractivity contribution < 1.29 is 0 Å². The Bertz CT molecular complexity index is 781. The summed E-state index contributed by atoms with van der Waals surface area (Å²) in [5.41, 5.74) is 2.19. The fourth-order valence-electron chi connectivity index (χ4n) is 2.49. The normalized spacial score (nSPS) is 12.5. The van der Waals surface area contributed by atoms with Crippen molar-refractivity contribution in [2.24, 2.45) is 0 Å². The van der Waals surface area contributed by atoms with Crippen LogP contribution in [0.3, 0.4) is 0 Å². The molecule has 0 amide bonds. The highest BCUT2D eigenvalue weighted by Gasteiger charge is 2.15. The highest BCUT2D eigenvalue weighted by Crippen LogP contribution is 2.19. The number of halogens is 1. The number of nitrogens with zero attached hydrogens (tertiary/aromatic N) is 5. The first-order valence-corrected chi connectivity index (χ1v) is 7.57. The maximum Gasteiger partial charge on any atom is 0.254 e. The van der Waals surface area contributed by atoms with Crippen LogP contribution in [0.2, 0.25) is 5.02 Å². The van der Waals surface area contributed by atoms with Crippen molar-refractivity contribution in [3.63, 3.8) is 0 Å². The lowest BCUT2D eigenvalue weighted by Crippen LogP contribution is -2.32. The summed E-state index contributed by atoms with van der Waals surface area (Å²) in [6, 6.07) is 10.3. The van der Waals surface area contributed by atoms with Crippen LogP contribution in [0.5, 0.6) is 0 Å². The summed E-state index contributed by atoms with van der Waals surface area (Å²) in [6.45, 7) is 4.16. The number of hydrogen-bond donors (Lipinski definition) is 0. The summed E-state index contributed by atoms with van der Waals surface area (Å²) >= 11 is 5.94. The van der Waals surface area contributed by atoms with Crippen molar-refractivity contribution in [3.05, 3.63) is 52.9 Å². The number of aromatic nitrogens is 4. The average Bonchev–Trinajstić information content (AvgIpc) is 2.96. The number of anilines is 1. The van der Waals surface area contributed by atoms with E-state index in [1.165, 1.54) is 11.9 Å². The minimum absolute atomic E-state index is 0.301. The molecule has 0 aliphatic rings. The predicted octanol–water partition coefficient (Wildman–Crippen LogP) is 3.15. The van der Waals surface area contributed by atoms with Gasteiger partial charge in [-0.3, -0.25) is 0 Å². The van der Waals surface area contributed by atoms with Crippen molar-refractivity contribution in [1.29, 1.82) is 0 Å². The Kier molecular flexibility index (Phi) is 3.98. The Morgan fingerprint density at radius 3 is 2.73 bits per heavy atom. The van der Waals surface area contributed by atoms with Gasteiger partial charge in [-0.15, -0.1) is 0 Å². The van der Waals surface area contributed by atoms with Crippen molar-refractivity contribution in [3.8, 4) is 0 Å². The third-order valence-electron chi connectivity index (χ3n) is 3.83. The van der Waals surface area contributed by atoms with Crippen molar-refractivity contribution in [1.82, 2.24) is 19.6 Å². The molecule has 2 aromatic heterocycles. The lowest BCUT2D eigenvalue weighted by atomic mass is 10.1. The van der Waals surface area contributed by atoms with Crippen LogP contribution in [0.4, 0.5) is 5.82 Å². The van der Waals surface area contributed by atoms with Crippen LogP contribution in [-0.2, 0) is 6.42 Å². The van der Waals surface area contributed by atoms with E-state index in [2.05, 4.69) is 46.1 Å². The van der Waals surface area contributed by atoms with Gasteiger partial charge in [-0.2, -0.15) is 14.6 Å². The summed E-state index contributed by atoms with van der Waals surface area (Å²) in [5.74, 6) is 1.61. The molecule has 0 spiro atoms. The molecule has 0 radical (unpaired) electrons. The summed E-state index contributed by atoms with van der Waals surface area (Å²) in [4.78, 5) is 10.8. The minimum atomic E-state index is 0.301. The average molecular weight is 316 g/mol. The number of fused-ring (bicyclic) bond motifs is 1. The molecule has 114 valence electrons. The zero-order valence-corrected chi connectivity index (χ0v) is 13.6. The summed E-state index contributed by atoms with van der Waals surface area (Å²) < 4.78 is 1.77. The van der Waals surface area contributed by atoms with Gasteiger partial charge in [0.25, 0.3) is 5.78 Å². The third-order valence-corrected chi connectivity index (χ3v) is 4.08. The molecule has 0 aliphatic carbocycles. The zero-order valence-electron chi connectivity index (χ0n) is 12.9. The molecule has 0 saturated heterocycles. The molecule has 22 heavy (non-hydrogen) atoms. The SMILES string of the molecule is Cc1cc(N(C)C(C)Cc2ccc(Cl)cc2)n2ncnc2n1. The molecule has 1 atom stereocenters. The lowest BCUT2D eigenvalue weighted by molar-refractivity contribution is 0.662. The van der Waals surface area contributed by atoms with Crippen LogP contribution < -0.4 is 4.90 Å². The van der Waals surface area contributed by atoms with Gasteiger partial charge in [0.15, 0.2) is 0 Å². The topological polar surface area (TPSA) is 46.3 Å². The molecule has 2 heterocycles. The third kappa shape index (κ3) is 2.90. The van der Waals surface area contributed by atoms with Crippen LogP contribution in [-0.4, -0.2) is 32.7 Å². The van der Waals surface area contributed by atoms with Crippen molar-refractivity contribution >= 4 is 23.2 Å².